The van der Waals surface area contributed by atoms with E-state index in [2.05, 4.69) is 9.97 Å². The van der Waals surface area contributed by atoms with Gasteiger partial charge in [0.05, 0.1) is 11.5 Å². The van der Waals surface area contributed by atoms with Crippen LogP contribution >= 0.6 is 11.3 Å². The van der Waals surface area contributed by atoms with Crippen molar-refractivity contribution in [1.82, 2.24) is 9.97 Å². The van der Waals surface area contributed by atoms with Crippen LogP contribution in [-0.2, 0) is 11.2 Å². The fourth-order valence-corrected chi connectivity index (χ4v) is 3.61. The lowest BCUT2D eigenvalue weighted by Gasteiger charge is -2.06. The predicted octanol–water partition coefficient (Wildman–Crippen LogP) is 3.45. The summed E-state index contributed by atoms with van der Waals surface area (Å²) in [5.74, 6) is 0.179. The number of hydrogen-bond donors (Lipinski definition) is 1. The minimum atomic E-state index is -0.408. The van der Waals surface area contributed by atoms with Gasteiger partial charge in [-0.25, -0.2) is 9.78 Å². The zero-order valence-electron chi connectivity index (χ0n) is 13.8. The molecule has 2 heterocycles. The molecule has 0 fully saturated rings. The molecular formula is C18H18N2O3S. The van der Waals surface area contributed by atoms with Crippen molar-refractivity contribution in [1.29, 1.82) is 0 Å². The van der Waals surface area contributed by atoms with Gasteiger partial charge in [0.2, 0.25) is 0 Å². The van der Waals surface area contributed by atoms with Crippen LogP contribution < -0.4 is 5.56 Å². The highest BCUT2D eigenvalue weighted by atomic mass is 32.1. The van der Waals surface area contributed by atoms with Gasteiger partial charge in [0, 0.05) is 6.42 Å². The molecule has 0 radical (unpaired) electrons. The number of carbonyl (C=O) groups excluding carboxylic acids is 1. The molecule has 0 aliphatic carbocycles. The van der Waals surface area contributed by atoms with E-state index in [4.69, 9.17) is 4.74 Å². The average Bonchev–Trinajstić information content (AvgIpc) is 2.85. The summed E-state index contributed by atoms with van der Waals surface area (Å²) in [4.78, 5) is 33.0. The summed E-state index contributed by atoms with van der Waals surface area (Å²) in [6.07, 6.45) is 0.330. The van der Waals surface area contributed by atoms with E-state index in [1.165, 1.54) is 11.3 Å². The Kier molecular flexibility index (Phi) is 4.49. The monoisotopic (exact) mass is 342 g/mol. The number of aromatic nitrogens is 2. The van der Waals surface area contributed by atoms with Gasteiger partial charge in [-0.05, 0) is 31.9 Å². The van der Waals surface area contributed by atoms with E-state index in [0.29, 0.717) is 32.9 Å². The number of fused-ring (bicyclic) bond motifs is 1. The van der Waals surface area contributed by atoms with E-state index in [0.717, 1.165) is 5.56 Å². The molecule has 1 N–H and O–H groups in total. The first-order chi connectivity index (χ1) is 11.5. The molecule has 0 saturated carbocycles. The topological polar surface area (TPSA) is 72.0 Å². The second kappa shape index (κ2) is 6.57. The quantitative estimate of drug-likeness (QED) is 0.737. The molecule has 24 heavy (non-hydrogen) atoms. The molecule has 2 aromatic heterocycles. The largest absolute Gasteiger partial charge is 0.459 e. The first-order valence-electron chi connectivity index (χ1n) is 7.73. The number of aryl methyl sites for hydroxylation is 1. The summed E-state index contributed by atoms with van der Waals surface area (Å²) in [5, 5.41) is 0.465. The molecule has 0 aliphatic rings. The maximum Gasteiger partial charge on any atom is 0.348 e. The Bertz CT molecular complexity index is 942. The Labute approximate surface area is 143 Å². The zero-order valence-corrected chi connectivity index (χ0v) is 14.6. The van der Waals surface area contributed by atoms with Gasteiger partial charge >= 0.3 is 5.97 Å². The van der Waals surface area contributed by atoms with Crippen LogP contribution in [0.1, 0.15) is 40.5 Å². The highest BCUT2D eigenvalue weighted by molar-refractivity contribution is 7.20. The molecule has 5 nitrogen and oxygen atoms in total. The van der Waals surface area contributed by atoms with Crippen molar-refractivity contribution in [2.24, 2.45) is 0 Å². The van der Waals surface area contributed by atoms with E-state index in [1.807, 2.05) is 30.3 Å². The SMILES string of the molecule is Cc1c(C(=O)OC(C)C)sc2nc(Cc3ccccc3)[nH]c(=O)c12. The summed E-state index contributed by atoms with van der Waals surface area (Å²) in [5.41, 5.74) is 1.47. The van der Waals surface area contributed by atoms with Crippen LogP contribution in [0.15, 0.2) is 35.1 Å². The highest BCUT2D eigenvalue weighted by Gasteiger charge is 2.21. The number of nitrogens with one attached hydrogen (secondary N) is 1. The summed E-state index contributed by atoms with van der Waals surface area (Å²) in [6, 6.07) is 9.80. The van der Waals surface area contributed by atoms with Crippen molar-refractivity contribution in [3.05, 3.63) is 62.5 Å². The number of H-pyrrole nitrogens is 1. The minimum absolute atomic E-state index is 0.206. The molecule has 3 aromatic rings. The van der Waals surface area contributed by atoms with Crippen LogP contribution in [-0.4, -0.2) is 22.0 Å². The summed E-state index contributed by atoms with van der Waals surface area (Å²) >= 11 is 1.21. The third-order valence-electron chi connectivity index (χ3n) is 3.59. The van der Waals surface area contributed by atoms with Crippen LogP contribution in [0.3, 0.4) is 0 Å². The number of benzene rings is 1. The number of thiophene rings is 1. The summed E-state index contributed by atoms with van der Waals surface area (Å²) in [7, 11) is 0. The number of ether oxygens (including phenoxy) is 1. The summed E-state index contributed by atoms with van der Waals surface area (Å²) < 4.78 is 5.24. The van der Waals surface area contributed by atoms with Crippen molar-refractivity contribution in [3.8, 4) is 0 Å². The molecule has 124 valence electrons. The van der Waals surface area contributed by atoms with E-state index >= 15 is 0 Å². The van der Waals surface area contributed by atoms with Gasteiger partial charge in [-0.2, -0.15) is 0 Å². The maximum atomic E-state index is 12.4. The van der Waals surface area contributed by atoms with Crippen LogP contribution in [0.25, 0.3) is 10.2 Å². The molecule has 0 aliphatic heterocycles. The van der Waals surface area contributed by atoms with Crippen LogP contribution in [0.5, 0.6) is 0 Å². The van der Waals surface area contributed by atoms with Gasteiger partial charge in [-0.1, -0.05) is 30.3 Å². The Hall–Kier alpha value is -2.47. The molecular weight excluding hydrogens is 324 g/mol. The molecule has 0 bridgehead atoms. The van der Waals surface area contributed by atoms with Crippen molar-refractivity contribution in [2.75, 3.05) is 0 Å². The van der Waals surface area contributed by atoms with Crippen molar-refractivity contribution < 1.29 is 9.53 Å². The molecule has 0 atom stereocenters. The van der Waals surface area contributed by atoms with E-state index < -0.39 is 5.97 Å². The number of esters is 1. The van der Waals surface area contributed by atoms with Crippen molar-refractivity contribution in [3.63, 3.8) is 0 Å². The number of nitrogens with zero attached hydrogens (tertiary/aromatic N) is 1. The molecule has 0 amide bonds. The van der Waals surface area contributed by atoms with Crippen LogP contribution in [0, 0.1) is 6.92 Å². The lowest BCUT2D eigenvalue weighted by molar-refractivity contribution is 0.0383. The number of carbonyl (C=O) groups is 1. The fourth-order valence-electron chi connectivity index (χ4n) is 2.52. The standard InChI is InChI=1S/C18H18N2O3S/c1-10(2)23-18(22)15-11(3)14-16(21)19-13(20-17(14)24-15)9-12-7-5-4-6-8-12/h4-8,10H,9H2,1-3H3,(H,19,20,21). The third kappa shape index (κ3) is 3.23. The van der Waals surface area contributed by atoms with Gasteiger partial charge in [0.1, 0.15) is 15.5 Å². The van der Waals surface area contributed by atoms with Crippen molar-refractivity contribution in [2.45, 2.75) is 33.3 Å². The molecule has 1 aromatic carbocycles. The van der Waals surface area contributed by atoms with Crippen molar-refractivity contribution >= 4 is 27.5 Å². The second-order valence-corrected chi connectivity index (χ2v) is 6.86. The van der Waals surface area contributed by atoms with Gasteiger partial charge in [-0.3, -0.25) is 4.79 Å². The highest BCUT2D eigenvalue weighted by Crippen LogP contribution is 2.28. The lowest BCUT2D eigenvalue weighted by Crippen LogP contribution is -2.13. The van der Waals surface area contributed by atoms with Gasteiger partial charge in [0.25, 0.3) is 5.56 Å². The van der Waals surface area contributed by atoms with Crippen LogP contribution in [0.4, 0.5) is 0 Å². The Balaban J connectivity index is 2.02. The summed E-state index contributed by atoms with van der Waals surface area (Å²) in [6.45, 7) is 5.34. The van der Waals surface area contributed by atoms with Crippen LogP contribution in [0.2, 0.25) is 0 Å². The first-order valence-corrected chi connectivity index (χ1v) is 8.54. The smallest absolute Gasteiger partial charge is 0.348 e. The number of rotatable bonds is 4. The minimum Gasteiger partial charge on any atom is -0.459 e. The Morgan fingerprint density at radius 1 is 1.29 bits per heavy atom. The van der Waals surface area contributed by atoms with Gasteiger partial charge < -0.3 is 9.72 Å². The van der Waals surface area contributed by atoms with E-state index in [9.17, 15) is 9.59 Å². The predicted molar refractivity (Wildman–Crippen MR) is 94.8 cm³/mol. The first kappa shape index (κ1) is 16.4. The lowest BCUT2D eigenvalue weighted by atomic mass is 10.1. The van der Waals surface area contributed by atoms with E-state index in [1.54, 1.807) is 20.8 Å². The Morgan fingerprint density at radius 2 is 2.00 bits per heavy atom. The van der Waals surface area contributed by atoms with Gasteiger partial charge in [0.15, 0.2) is 0 Å². The van der Waals surface area contributed by atoms with Gasteiger partial charge in [-0.15, -0.1) is 11.3 Å². The fraction of sp³-hybridized carbons (Fsp3) is 0.278. The number of aromatic amines is 1. The number of hydrogen-bond acceptors (Lipinski definition) is 5. The molecule has 0 unspecified atom stereocenters. The third-order valence-corrected chi connectivity index (χ3v) is 4.76. The normalized spacial score (nSPS) is 11.2. The molecule has 3 rings (SSSR count). The average molecular weight is 342 g/mol. The molecule has 6 heteroatoms. The Morgan fingerprint density at radius 3 is 2.67 bits per heavy atom. The maximum absolute atomic E-state index is 12.4. The molecule has 0 spiro atoms. The molecule has 0 saturated heterocycles. The van der Waals surface area contributed by atoms with E-state index in [-0.39, 0.29) is 11.7 Å². The zero-order chi connectivity index (χ0) is 17.3. The second-order valence-electron chi connectivity index (χ2n) is 5.87.